The Kier molecular flexibility index (Phi) is 5.00. The van der Waals surface area contributed by atoms with E-state index in [4.69, 9.17) is 16.9 Å². The first-order valence-corrected chi connectivity index (χ1v) is 8.60. The highest BCUT2D eigenvalue weighted by Gasteiger charge is 2.29. The molecule has 1 heterocycles. The minimum atomic E-state index is -3.10. The van der Waals surface area contributed by atoms with Gasteiger partial charge in [-0.05, 0) is 30.7 Å². The number of rotatable bonds is 4. The Morgan fingerprint density at radius 2 is 2.05 bits per heavy atom. The Morgan fingerprint density at radius 3 is 2.59 bits per heavy atom. The summed E-state index contributed by atoms with van der Waals surface area (Å²) in [4.78, 5) is 11.9. The van der Waals surface area contributed by atoms with Gasteiger partial charge < -0.3 is 5.32 Å². The van der Waals surface area contributed by atoms with Crippen LogP contribution in [-0.2, 0) is 14.6 Å². The normalized spacial score (nSPS) is 20.2. The van der Waals surface area contributed by atoms with E-state index < -0.39 is 21.8 Å². The van der Waals surface area contributed by atoms with Crippen LogP contribution in [0.5, 0.6) is 0 Å². The molecule has 0 bridgehead atoms. The number of carbonyl (C=O) groups excluding carboxylic acids is 1. The zero-order chi connectivity index (χ0) is 16.2. The van der Waals surface area contributed by atoms with Crippen LogP contribution in [0.15, 0.2) is 29.4 Å². The summed E-state index contributed by atoms with van der Waals surface area (Å²) in [7, 11) is -3.10. The molecular weight excluding hydrogens is 328 g/mol. The number of nitriles is 1. The molecular formula is C13H13ClN4O3S. The molecule has 0 saturated carbocycles. The van der Waals surface area contributed by atoms with Crippen molar-refractivity contribution in [1.82, 2.24) is 5.32 Å². The van der Waals surface area contributed by atoms with Crippen molar-refractivity contribution in [2.75, 3.05) is 16.9 Å². The third-order valence-electron chi connectivity index (χ3n) is 3.03. The second kappa shape index (κ2) is 6.77. The van der Waals surface area contributed by atoms with Crippen LogP contribution in [-0.4, -0.2) is 37.6 Å². The van der Waals surface area contributed by atoms with Crippen molar-refractivity contribution in [2.45, 2.75) is 12.5 Å². The molecule has 1 fully saturated rings. The standard InChI is InChI=1S/C13H13ClN4O3S/c14-9-1-3-10(4-2-9)17-18-12(7-15)13(19)16-11-5-6-22(20,21)8-11/h1-4,11,17H,5-6,8H2,(H,16,19)/b18-12-. The summed E-state index contributed by atoms with van der Waals surface area (Å²) in [5.41, 5.74) is 2.76. The van der Waals surface area contributed by atoms with Gasteiger partial charge in [-0.15, -0.1) is 0 Å². The first kappa shape index (κ1) is 16.3. The number of benzene rings is 1. The van der Waals surface area contributed by atoms with Gasteiger partial charge in [-0.2, -0.15) is 10.4 Å². The van der Waals surface area contributed by atoms with Gasteiger partial charge in [0.05, 0.1) is 17.2 Å². The summed E-state index contributed by atoms with van der Waals surface area (Å²) in [5, 5.41) is 15.7. The fourth-order valence-electron chi connectivity index (χ4n) is 1.93. The number of hydrogen-bond acceptors (Lipinski definition) is 6. The molecule has 7 nitrogen and oxygen atoms in total. The minimum Gasteiger partial charge on any atom is -0.346 e. The average Bonchev–Trinajstić information content (AvgIpc) is 2.80. The SMILES string of the molecule is N#C/C(=N/Nc1ccc(Cl)cc1)C(=O)NC1CCS(=O)(=O)C1. The van der Waals surface area contributed by atoms with E-state index in [1.165, 1.54) is 0 Å². The molecule has 1 aromatic carbocycles. The fourth-order valence-corrected chi connectivity index (χ4v) is 3.73. The van der Waals surface area contributed by atoms with Crippen molar-refractivity contribution in [3.8, 4) is 6.07 Å². The van der Waals surface area contributed by atoms with E-state index in [1.807, 2.05) is 0 Å². The monoisotopic (exact) mass is 340 g/mol. The highest BCUT2D eigenvalue weighted by molar-refractivity contribution is 7.91. The molecule has 9 heteroatoms. The van der Waals surface area contributed by atoms with Crippen LogP contribution in [0, 0.1) is 11.3 Å². The number of hydrogen-bond donors (Lipinski definition) is 2. The van der Waals surface area contributed by atoms with E-state index in [9.17, 15) is 13.2 Å². The van der Waals surface area contributed by atoms with E-state index in [0.29, 0.717) is 17.1 Å². The van der Waals surface area contributed by atoms with Gasteiger partial charge in [0.1, 0.15) is 6.07 Å². The van der Waals surface area contributed by atoms with Gasteiger partial charge in [0, 0.05) is 11.1 Å². The molecule has 0 aliphatic carbocycles. The number of nitrogens with zero attached hydrogens (tertiary/aromatic N) is 2. The number of nitrogens with one attached hydrogen (secondary N) is 2. The van der Waals surface area contributed by atoms with E-state index in [-0.39, 0.29) is 17.2 Å². The van der Waals surface area contributed by atoms with Gasteiger partial charge in [0.25, 0.3) is 5.91 Å². The van der Waals surface area contributed by atoms with Crippen molar-refractivity contribution in [3.05, 3.63) is 29.3 Å². The summed E-state index contributed by atoms with van der Waals surface area (Å²) in [6.07, 6.45) is 0.345. The smallest absolute Gasteiger partial charge is 0.282 e. The third-order valence-corrected chi connectivity index (χ3v) is 5.05. The van der Waals surface area contributed by atoms with Crippen molar-refractivity contribution in [2.24, 2.45) is 5.10 Å². The summed E-state index contributed by atoms with van der Waals surface area (Å²) >= 11 is 5.74. The Balaban J connectivity index is 1.98. The Morgan fingerprint density at radius 1 is 1.36 bits per heavy atom. The number of sulfone groups is 1. The first-order chi connectivity index (χ1) is 10.4. The fraction of sp³-hybridized carbons (Fsp3) is 0.308. The lowest BCUT2D eigenvalue weighted by Gasteiger charge is -2.09. The van der Waals surface area contributed by atoms with Crippen LogP contribution in [0.3, 0.4) is 0 Å². The summed E-state index contributed by atoms with van der Waals surface area (Å²) < 4.78 is 22.7. The molecule has 2 N–H and O–H groups in total. The maximum absolute atomic E-state index is 11.9. The van der Waals surface area contributed by atoms with Crippen LogP contribution >= 0.6 is 11.6 Å². The predicted octanol–water partition coefficient (Wildman–Crippen LogP) is 0.935. The molecule has 0 radical (unpaired) electrons. The lowest BCUT2D eigenvalue weighted by molar-refractivity contribution is -0.115. The van der Waals surface area contributed by atoms with Crippen molar-refractivity contribution >= 4 is 38.7 Å². The Hall–Kier alpha value is -2.11. The average molecular weight is 341 g/mol. The molecule has 0 aromatic heterocycles. The van der Waals surface area contributed by atoms with Crippen LogP contribution in [0.4, 0.5) is 5.69 Å². The molecule has 1 saturated heterocycles. The molecule has 1 aliphatic rings. The number of amides is 1. The van der Waals surface area contributed by atoms with Crippen LogP contribution in [0.25, 0.3) is 0 Å². The quantitative estimate of drug-likeness (QED) is 0.625. The van der Waals surface area contributed by atoms with Crippen LogP contribution in [0.1, 0.15) is 6.42 Å². The van der Waals surface area contributed by atoms with Gasteiger partial charge in [-0.25, -0.2) is 8.42 Å². The lowest BCUT2D eigenvalue weighted by atomic mass is 10.2. The Bertz CT molecular complexity index is 738. The maximum atomic E-state index is 11.9. The molecule has 1 amide bonds. The summed E-state index contributed by atoms with van der Waals surface area (Å²) in [5.74, 6) is -0.770. The third kappa shape index (κ3) is 4.44. The molecule has 22 heavy (non-hydrogen) atoms. The lowest BCUT2D eigenvalue weighted by Crippen LogP contribution is -2.39. The number of anilines is 1. The van der Waals surface area contributed by atoms with Gasteiger partial charge in [-0.3, -0.25) is 10.2 Å². The molecule has 116 valence electrons. The molecule has 1 atom stereocenters. The second-order valence-electron chi connectivity index (χ2n) is 4.76. The van der Waals surface area contributed by atoms with Gasteiger partial charge in [-0.1, -0.05) is 11.6 Å². The highest BCUT2D eigenvalue weighted by Crippen LogP contribution is 2.13. The van der Waals surface area contributed by atoms with Crippen molar-refractivity contribution < 1.29 is 13.2 Å². The number of halogens is 1. The number of carbonyl (C=O) groups is 1. The molecule has 0 spiro atoms. The zero-order valence-electron chi connectivity index (χ0n) is 11.4. The van der Waals surface area contributed by atoms with Crippen LogP contribution < -0.4 is 10.7 Å². The van der Waals surface area contributed by atoms with Gasteiger partial charge in [0.2, 0.25) is 5.71 Å². The summed E-state index contributed by atoms with van der Waals surface area (Å²) in [6, 6.07) is 7.75. The minimum absolute atomic E-state index is 0.0417. The highest BCUT2D eigenvalue weighted by atomic mass is 35.5. The zero-order valence-corrected chi connectivity index (χ0v) is 13.0. The summed E-state index contributed by atoms with van der Waals surface area (Å²) in [6.45, 7) is 0. The first-order valence-electron chi connectivity index (χ1n) is 6.40. The Labute approximate surface area is 132 Å². The van der Waals surface area contributed by atoms with Gasteiger partial charge in [0.15, 0.2) is 9.84 Å². The molecule has 1 unspecified atom stereocenters. The number of hydrazone groups is 1. The molecule has 1 aliphatic heterocycles. The van der Waals surface area contributed by atoms with Crippen LogP contribution in [0.2, 0.25) is 5.02 Å². The largest absolute Gasteiger partial charge is 0.346 e. The van der Waals surface area contributed by atoms with Crippen molar-refractivity contribution in [3.63, 3.8) is 0 Å². The van der Waals surface area contributed by atoms with E-state index in [2.05, 4.69) is 15.8 Å². The molecule has 2 rings (SSSR count). The second-order valence-corrected chi connectivity index (χ2v) is 7.43. The van der Waals surface area contributed by atoms with Crippen molar-refractivity contribution in [1.29, 1.82) is 5.26 Å². The topological polar surface area (TPSA) is 111 Å². The molecule has 1 aromatic rings. The van der Waals surface area contributed by atoms with E-state index >= 15 is 0 Å². The predicted molar refractivity (Wildman–Crippen MR) is 83.3 cm³/mol. The van der Waals surface area contributed by atoms with E-state index in [0.717, 1.165) is 0 Å². The van der Waals surface area contributed by atoms with E-state index in [1.54, 1.807) is 30.3 Å². The van der Waals surface area contributed by atoms with Gasteiger partial charge >= 0.3 is 0 Å². The maximum Gasteiger partial charge on any atom is 0.282 e.